The Morgan fingerprint density at radius 2 is 1.92 bits per heavy atom. The van der Waals surface area contributed by atoms with Crippen molar-refractivity contribution in [3.63, 3.8) is 0 Å². The Balaban J connectivity index is 1.64. The van der Waals surface area contributed by atoms with Crippen LogP contribution in [0.4, 0.5) is 4.39 Å². The van der Waals surface area contributed by atoms with Crippen molar-refractivity contribution in [2.45, 2.75) is 95.9 Å². The lowest BCUT2D eigenvalue weighted by atomic mass is 9.90. The molecule has 1 aromatic heterocycles. The fourth-order valence-corrected chi connectivity index (χ4v) is 6.54. The number of benzene rings is 1. The quantitative estimate of drug-likeness (QED) is 0.217. The first kappa shape index (κ1) is 31.4. The molecule has 1 atom stereocenters. The zero-order valence-corrected chi connectivity index (χ0v) is 25.8. The molecule has 216 valence electrons. The zero-order chi connectivity index (χ0) is 28.8. The Hall–Kier alpha value is -2.16. The first-order chi connectivity index (χ1) is 18.2. The smallest absolute Gasteiger partial charge is 0.322 e. The van der Waals surface area contributed by atoms with Gasteiger partial charge in [-0.2, -0.15) is 5.10 Å². The number of rotatable bonds is 12. The molecule has 6 nitrogen and oxygen atoms in total. The van der Waals surface area contributed by atoms with Crippen LogP contribution in [0, 0.1) is 12.7 Å². The first-order valence-corrected chi connectivity index (χ1v) is 14.6. The number of hydrogen-bond acceptors (Lipinski definition) is 6. The second kappa shape index (κ2) is 13.0. The molecule has 0 radical (unpaired) electrons. The fourth-order valence-electron chi connectivity index (χ4n) is 4.82. The van der Waals surface area contributed by atoms with Gasteiger partial charge in [-0.25, -0.2) is 4.39 Å². The van der Waals surface area contributed by atoms with Gasteiger partial charge in [0.2, 0.25) is 0 Å². The van der Waals surface area contributed by atoms with Crippen molar-refractivity contribution in [2.75, 3.05) is 26.8 Å². The second-order valence-corrected chi connectivity index (χ2v) is 14.6. The molecular formula is C31H46FN3O3S. The Morgan fingerprint density at radius 3 is 2.54 bits per heavy atom. The molecule has 0 aliphatic heterocycles. The average molecular weight is 560 g/mol. The normalized spacial score (nSPS) is 18.4. The number of carbonyl (C=O) groups excluding carboxylic acids is 1. The summed E-state index contributed by atoms with van der Waals surface area (Å²) in [5, 5.41) is 4.79. The SMILES string of the molecule is COCCN(CC1=CCC(C)(SC(C)(C)C(=O)OC(C)(C)C)CC1)Cc1nn(Cc2ccccc2F)cc1C. The fraction of sp³-hybridized carbons (Fsp3) is 0.613. The molecular weight excluding hydrogens is 513 g/mol. The number of nitrogens with zero attached hydrogens (tertiary/aromatic N) is 3. The predicted octanol–water partition coefficient (Wildman–Crippen LogP) is 6.55. The highest BCUT2D eigenvalue weighted by Crippen LogP contribution is 2.46. The van der Waals surface area contributed by atoms with Crippen molar-refractivity contribution in [1.29, 1.82) is 0 Å². The summed E-state index contributed by atoms with van der Waals surface area (Å²) in [4.78, 5) is 15.2. The highest BCUT2D eigenvalue weighted by Gasteiger charge is 2.41. The molecule has 8 heteroatoms. The molecule has 0 fully saturated rings. The van der Waals surface area contributed by atoms with Gasteiger partial charge in [-0.3, -0.25) is 14.4 Å². The molecule has 1 aliphatic rings. The summed E-state index contributed by atoms with van der Waals surface area (Å²) < 4.78 is 26.4. The molecule has 1 aromatic carbocycles. The number of aromatic nitrogens is 2. The number of thioether (sulfide) groups is 1. The summed E-state index contributed by atoms with van der Waals surface area (Å²) in [5.41, 5.74) is 3.64. The van der Waals surface area contributed by atoms with Gasteiger partial charge in [-0.15, -0.1) is 11.8 Å². The molecule has 0 bridgehead atoms. The molecule has 2 aromatic rings. The predicted molar refractivity (Wildman–Crippen MR) is 157 cm³/mol. The molecule has 0 saturated heterocycles. The van der Waals surface area contributed by atoms with Crippen LogP contribution in [0.1, 0.15) is 77.6 Å². The van der Waals surface area contributed by atoms with Gasteiger partial charge in [0.05, 0.1) is 18.8 Å². The van der Waals surface area contributed by atoms with Crippen LogP contribution in [0.5, 0.6) is 0 Å². The van der Waals surface area contributed by atoms with E-state index in [1.54, 1.807) is 31.0 Å². The lowest BCUT2D eigenvalue weighted by Crippen LogP contribution is -2.40. The third-order valence-corrected chi connectivity index (χ3v) is 8.48. The van der Waals surface area contributed by atoms with Gasteiger partial charge >= 0.3 is 5.97 Å². The van der Waals surface area contributed by atoms with E-state index in [0.717, 1.165) is 43.6 Å². The van der Waals surface area contributed by atoms with Crippen molar-refractivity contribution in [1.82, 2.24) is 14.7 Å². The van der Waals surface area contributed by atoms with Crippen molar-refractivity contribution >= 4 is 17.7 Å². The molecule has 0 N–H and O–H groups in total. The van der Waals surface area contributed by atoms with Crippen LogP contribution >= 0.6 is 11.8 Å². The monoisotopic (exact) mass is 559 g/mol. The molecule has 1 aliphatic carbocycles. The first-order valence-electron chi connectivity index (χ1n) is 13.8. The summed E-state index contributed by atoms with van der Waals surface area (Å²) in [5.74, 6) is -0.371. The Morgan fingerprint density at radius 1 is 1.21 bits per heavy atom. The van der Waals surface area contributed by atoms with Crippen molar-refractivity contribution in [2.24, 2.45) is 0 Å². The number of methoxy groups -OCH3 is 1. The highest BCUT2D eigenvalue weighted by atomic mass is 32.2. The van der Waals surface area contributed by atoms with Crippen molar-refractivity contribution in [3.05, 3.63) is 64.7 Å². The third kappa shape index (κ3) is 9.47. The van der Waals surface area contributed by atoms with Crippen LogP contribution in [0.2, 0.25) is 0 Å². The minimum Gasteiger partial charge on any atom is -0.459 e. The summed E-state index contributed by atoms with van der Waals surface area (Å²) in [7, 11) is 1.72. The number of carbonyl (C=O) groups is 1. The third-order valence-electron chi connectivity index (χ3n) is 6.94. The maximum absolute atomic E-state index is 14.1. The van der Waals surface area contributed by atoms with Crippen molar-refractivity contribution in [3.8, 4) is 0 Å². The van der Waals surface area contributed by atoms with Gasteiger partial charge in [0.15, 0.2) is 0 Å². The molecule has 0 saturated carbocycles. The molecule has 39 heavy (non-hydrogen) atoms. The Kier molecular flexibility index (Phi) is 10.5. The molecule has 3 rings (SSSR count). The Labute approximate surface area is 238 Å². The minimum atomic E-state index is -0.614. The zero-order valence-electron chi connectivity index (χ0n) is 25.0. The van der Waals surface area contributed by atoms with Gasteiger partial charge in [-0.05, 0) is 72.4 Å². The second-order valence-electron chi connectivity index (χ2n) is 12.4. The molecule has 1 heterocycles. The van der Waals surface area contributed by atoms with Crippen molar-refractivity contribution < 1.29 is 18.7 Å². The van der Waals surface area contributed by atoms with Gasteiger partial charge < -0.3 is 9.47 Å². The van der Waals surface area contributed by atoms with Crippen LogP contribution in [0.15, 0.2) is 42.1 Å². The number of halogens is 1. The Bertz CT molecular complexity index is 1150. The van der Waals surface area contributed by atoms with E-state index in [1.165, 1.54) is 11.6 Å². The van der Waals surface area contributed by atoms with Crippen LogP contribution in [0.3, 0.4) is 0 Å². The summed E-state index contributed by atoms with van der Waals surface area (Å²) in [6.07, 6.45) is 7.24. The van der Waals surface area contributed by atoms with Gasteiger partial charge in [-0.1, -0.05) is 36.8 Å². The minimum absolute atomic E-state index is 0.0245. The molecule has 0 amide bonds. The average Bonchev–Trinajstić information content (AvgIpc) is 3.17. The standard InChI is InChI=1S/C31H46FN3O3S/c1-23-19-35(21-25-11-9-10-12-26(25)32)33-27(23)22-34(17-18-37-8)20-24-13-15-31(7,16-14-24)39-30(5,6)28(36)38-29(2,3)4/h9-13,19H,14-18,20-22H2,1-8H3. The summed E-state index contributed by atoms with van der Waals surface area (Å²) in [6, 6.07) is 6.84. The van der Waals surface area contributed by atoms with E-state index >= 15 is 0 Å². The molecule has 0 spiro atoms. The number of esters is 1. The van der Waals surface area contributed by atoms with E-state index in [2.05, 4.69) is 24.8 Å². The van der Waals surface area contributed by atoms with Gasteiger partial charge in [0.25, 0.3) is 0 Å². The lowest BCUT2D eigenvalue weighted by Gasteiger charge is -2.39. The maximum atomic E-state index is 14.1. The van der Waals surface area contributed by atoms with E-state index in [1.807, 2.05) is 51.6 Å². The number of allylic oxidation sites excluding steroid dienone is 1. The molecule has 1 unspecified atom stereocenters. The number of hydrogen-bond donors (Lipinski definition) is 0. The van der Waals surface area contributed by atoms with Crippen LogP contribution in [-0.2, 0) is 27.4 Å². The van der Waals surface area contributed by atoms with E-state index in [0.29, 0.717) is 25.3 Å². The lowest BCUT2D eigenvalue weighted by molar-refractivity contribution is -0.156. The van der Waals surface area contributed by atoms with E-state index in [9.17, 15) is 9.18 Å². The number of ether oxygens (including phenoxy) is 2. The van der Waals surface area contributed by atoms with E-state index in [4.69, 9.17) is 14.6 Å². The maximum Gasteiger partial charge on any atom is 0.322 e. The number of aryl methyl sites for hydroxylation is 1. The van der Waals surface area contributed by atoms with Gasteiger partial charge in [0, 0.05) is 43.3 Å². The summed E-state index contributed by atoms with van der Waals surface area (Å²) >= 11 is 1.73. The van der Waals surface area contributed by atoms with Crippen LogP contribution in [-0.4, -0.2) is 62.6 Å². The highest BCUT2D eigenvalue weighted by molar-refractivity contribution is 8.02. The van der Waals surface area contributed by atoms with E-state index < -0.39 is 10.3 Å². The van der Waals surface area contributed by atoms with Crippen LogP contribution < -0.4 is 0 Å². The van der Waals surface area contributed by atoms with Gasteiger partial charge in [0.1, 0.15) is 16.2 Å². The largest absolute Gasteiger partial charge is 0.459 e. The van der Waals surface area contributed by atoms with Crippen LogP contribution in [0.25, 0.3) is 0 Å². The topological polar surface area (TPSA) is 56.6 Å². The summed E-state index contributed by atoms with van der Waals surface area (Å²) in [6.45, 7) is 17.4. The van der Waals surface area contributed by atoms with E-state index in [-0.39, 0.29) is 16.5 Å².